The minimum atomic E-state index is 0.0561. The Morgan fingerprint density at radius 1 is 0.417 bits per heavy atom. The highest BCUT2D eigenvalue weighted by Gasteiger charge is 2.39. The average Bonchev–Trinajstić information content (AvgIpc) is 3.45. The zero-order valence-corrected chi connectivity index (χ0v) is 27.7. The Balaban J connectivity index is 1.12. The van der Waals surface area contributed by atoms with E-state index in [-0.39, 0.29) is 24.7 Å². The number of rotatable bonds is 6. The van der Waals surface area contributed by atoms with Crippen LogP contribution in [0.25, 0.3) is 11.1 Å². The summed E-state index contributed by atoms with van der Waals surface area (Å²) in [7, 11) is 6.65. The Labute approximate surface area is 284 Å². The number of hydrogen-bond acceptors (Lipinski definition) is 5. The van der Waals surface area contributed by atoms with Crippen molar-refractivity contribution in [2.45, 2.75) is 24.7 Å². The van der Waals surface area contributed by atoms with Gasteiger partial charge in [-0.15, -0.1) is 0 Å². The van der Waals surface area contributed by atoms with Gasteiger partial charge in [-0.05, 0) is 77.8 Å². The van der Waals surface area contributed by atoms with Crippen LogP contribution < -0.4 is 15.1 Å². The maximum atomic E-state index is 3.93. The highest BCUT2D eigenvalue weighted by molar-refractivity contribution is 5.84. The van der Waals surface area contributed by atoms with E-state index in [0.717, 1.165) is 0 Å². The van der Waals surface area contributed by atoms with E-state index in [0.29, 0.717) is 0 Å². The molecule has 6 aromatic carbocycles. The molecule has 3 atom stereocenters. The summed E-state index contributed by atoms with van der Waals surface area (Å²) in [6.45, 7) is 0. The van der Waals surface area contributed by atoms with Crippen LogP contribution >= 0.6 is 0 Å². The van der Waals surface area contributed by atoms with Crippen LogP contribution in [-0.4, -0.2) is 30.9 Å². The predicted octanol–water partition coefficient (Wildman–Crippen LogP) is 9.50. The summed E-state index contributed by atoms with van der Waals surface area (Å²) < 4.78 is 0. The van der Waals surface area contributed by atoms with Crippen molar-refractivity contribution < 1.29 is 0 Å². The third-order valence-electron chi connectivity index (χ3n) is 10.0. The molecule has 48 heavy (non-hydrogen) atoms. The molecule has 6 aromatic rings. The monoisotopic (exact) mass is 627 g/mol. The van der Waals surface area contributed by atoms with Gasteiger partial charge in [0.15, 0.2) is 0 Å². The van der Waals surface area contributed by atoms with Gasteiger partial charge in [0.05, 0.1) is 29.9 Å². The smallest absolute Gasteiger partial charge is 0.132 e. The first-order valence-corrected chi connectivity index (χ1v) is 16.7. The van der Waals surface area contributed by atoms with Gasteiger partial charge in [-0.1, -0.05) is 133 Å². The Morgan fingerprint density at radius 3 is 1.54 bits per heavy atom. The summed E-state index contributed by atoms with van der Waals surface area (Å²) in [6.07, 6.45) is 0.235. The Bertz CT molecular complexity index is 1930. The van der Waals surface area contributed by atoms with Gasteiger partial charge in [0.25, 0.3) is 0 Å². The minimum Gasteiger partial charge on any atom is -0.349 e. The molecule has 5 nitrogen and oxygen atoms in total. The molecule has 1 N–H and O–H groups in total. The van der Waals surface area contributed by atoms with Gasteiger partial charge in [-0.2, -0.15) is 0 Å². The van der Waals surface area contributed by atoms with E-state index in [1.807, 2.05) is 0 Å². The number of fused-ring (bicyclic) bond motifs is 1. The summed E-state index contributed by atoms with van der Waals surface area (Å²) in [5, 5.41) is 3.93. The summed E-state index contributed by atoms with van der Waals surface area (Å²) in [5.41, 5.74) is 11.1. The van der Waals surface area contributed by atoms with Gasteiger partial charge in [-0.3, -0.25) is 15.1 Å². The minimum absolute atomic E-state index is 0.0561. The second-order valence-electron chi connectivity index (χ2n) is 12.9. The maximum Gasteiger partial charge on any atom is 0.132 e. The number of nitrogens with zero attached hydrogens (tertiary/aromatic N) is 4. The van der Waals surface area contributed by atoms with E-state index < -0.39 is 0 Å². The molecule has 3 unspecified atom stereocenters. The number of anilines is 3. The molecule has 0 aromatic heterocycles. The zero-order chi connectivity index (χ0) is 32.6. The first-order valence-electron chi connectivity index (χ1n) is 16.7. The van der Waals surface area contributed by atoms with E-state index in [1.165, 1.54) is 50.4 Å². The lowest BCUT2D eigenvalue weighted by Crippen LogP contribution is -2.55. The quantitative estimate of drug-likeness (QED) is 0.198. The van der Waals surface area contributed by atoms with Crippen LogP contribution in [0.2, 0.25) is 0 Å². The molecule has 0 radical (unpaired) electrons. The molecule has 0 spiro atoms. The summed E-state index contributed by atoms with van der Waals surface area (Å²) >= 11 is 0. The van der Waals surface area contributed by atoms with Gasteiger partial charge in [0.2, 0.25) is 0 Å². The van der Waals surface area contributed by atoms with Crippen molar-refractivity contribution in [3.8, 4) is 11.1 Å². The molecule has 2 aliphatic rings. The molecule has 5 heteroatoms. The van der Waals surface area contributed by atoms with Gasteiger partial charge < -0.3 is 9.80 Å². The van der Waals surface area contributed by atoms with Crippen molar-refractivity contribution in [3.63, 3.8) is 0 Å². The molecule has 238 valence electrons. The Morgan fingerprint density at radius 2 is 0.938 bits per heavy atom. The largest absolute Gasteiger partial charge is 0.349 e. The standard InChI is InChI=1S/C43H41N5/c1-45-38-24-13-14-25-39(38)48(37-22-11-6-12-23-37)43(45)34-28-26-31(27-29-34)35-20-15-21-36(30-35)42-46(2)40(32-16-7-4-8-17-32)44-41(47(42)3)33-18-9-5-10-19-33/h4-30,40-44H,1-3H3. The molecule has 1 saturated heterocycles. The third kappa shape index (κ3) is 5.36. The van der Waals surface area contributed by atoms with Crippen LogP contribution in [0.15, 0.2) is 164 Å². The first-order chi connectivity index (χ1) is 23.6. The molecule has 0 bridgehead atoms. The van der Waals surface area contributed by atoms with E-state index in [1.54, 1.807) is 0 Å². The Hall–Kier alpha value is -5.20. The second-order valence-corrected chi connectivity index (χ2v) is 12.9. The van der Waals surface area contributed by atoms with E-state index in [4.69, 9.17) is 0 Å². The SMILES string of the molecule is CN1c2ccccc2N(c2ccccc2)C1c1ccc(-c2cccc(C3N(C)C(c4ccccc4)NC(c4ccccc4)N3C)c2)cc1. The van der Waals surface area contributed by atoms with Crippen molar-refractivity contribution in [3.05, 3.63) is 186 Å². The summed E-state index contributed by atoms with van der Waals surface area (Å²) in [4.78, 5) is 9.72. The fourth-order valence-electron chi connectivity index (χ4n) is 7.73. The van der Waals surface area contributed by atoms with Crippen molar-refractivity contribution in [1.29, 1.82) is 0 Å². The molecule has 2 heterocycles. The average molecular weight is 628 g/mol. The van der Waals surface area contributed by atoms with Gasteiger partial charge >= 0.3 is 0 Å². The lowest BCUT2D eigenvalue weighted by atomic mass is 9.97. The van der Waals surface area contributed by atoms with Crippen molar-refractivity contribution in [2.24, 2.45) is 0 Å². The number of benzene rings is 6. The van der Waals surface area contributed by atoms with Crippen LogP contribution in [0.1, 0.15) is 46.9 Å². The van der Waals surface area contributed by atoms with Crippen LogP contribution in [0.4, 0.5) is 17.1 Å². The molecule has 0 amide bonds. The van der Waals surface area contributed by atoms with Crippen LogP contribution in [0.5, 0.6) is 0 Å². The number of nitrogens with one attached hydrogen (secondary N) is 1. The van der Waals surface area contributed by atoms with E-state index in [9.17, 15) is 0 Å². The number of para-hydroxylation sites is 3. The van der Waals surface area contributed by atoms with Gasteiger partial charge in [0, 0.05) is 12.7 Å². The molecular formula is C43H41N5. The van der Waals surface area contributed by atoms with Crippen molar-refractivity contribution >= 4 is 17.1 Å². The summed E-state index contributed by atoms with van der Waals surface area (Å²) in [5.74, 6) is 0. The predicted molar refractivity (Wildman–Crippen MR) is 198 cm³/mol. The molecule has 8 rings (SSSR count). The Kier molecular flexibility index (Phi) is 8.03. The van der Waals surface area contributed by atoms with Crippen molar-refractivity contribution in [1.82, 2.24) is 15.1 Å². The first kappa shape index (κ1) is 30.2. The lowest BCUT2D eigenvalue weighted by Gasteiger charge is -2.50. The van der Waals surface area contributed by atoms with E-state index in [2.05, 4.69) is 210 Å². The molecule has 0 saturated carbocycles. The number of hydrogen-bond donors (Lipinski definition) is 1. The fourth-order valence-corrected chi connectivity index (χ4v) is 7.73. The van der Waals surface area contributed by atoms with Crippen LogP contribution in [-0.2, 0) is 0 Å². The molecule has 0 aliphatic carbocycles. The van der Waals surface area contributed by atoms with Gasteiger partial charge in [-0.25, -0.2) is 0 Å². The second kappa shape index (κ2) is 12.8. The van der Waals surface area contributed by atoms with Crippen LogP contribution in [0.3, 0.4) is 0 Å². The highest BCUT2D eigenvalue weighted by atomic mass is 15.5. The van der Waals surface area contributed by atoms with E-state index >= 15 is 0 Å². The molecular weight excluding hydrogens is 587 g/mol. The molecule has 1 fully saturated rings. The summed E-state index contributed by atoms with van der Waals surface area (Å²) in [6, 6.07) is 59.2. The topological polar surface area (TPSA) is 25.0 Å². The third-order valence-corrected chi connectivity index (χ3v) is 10.0. The maximum absolute atomic E-state index is 3.93. The molecule has 2 aliphatic heterocycles. The van der Waals surface area contributed by atoms with Gasteiger partial charge in [0.1, 0.15) is 6.17 Å². The normalized spacial score (nSPS) is 21.3. The van der Waals surface area contributed by atoms with Crippen LogP contribution in [0, 0.1) is 0 Å². The fraction of sp³-hybridized carbons (Fsp3) is 0.163. The zero-order valence-electron chi connectivity index (χ0n) is 27.7. The highest BCUT2D eigenvalue weighted by Crippen LogP contribution is 2.49. The lowest BCUT2D eigenvalue weighted by molar-refractivity contribution is -0.0660. The van der Waals surface area contributed by atoms with Crippen molar-refractivity contribution in [2.75, 3.05) is 30.9 Å².